The molecular weight excluding hydrogens is 316 g/mol. The van der Waals surface area contributed by atoms with E-state index in [1.54, 1.807) is 0 Å². The van der Waals surface area contributed by atoms with E-state index in [1.807, 2.05) is 48.9 Å². The second-order valence-electron chi connectivity index (χ2n) is 6.59. The maximum Gasteiger partial charge on any atom is 0.242 e. The summed E-state index contributed by atoms with van der Waals surface area (Å²) in [6, 6.07) is 9.39. The SMILES string of the molecule is Cc1cc(C)n(-c2ccc(CC(=O)NC3CCCCNC3=O)cc2)n1. The fourth-order valence-corrected chi connectivity index (χ4v) is 3.15. The monoisotopic (exact) mass is 340 g/mol. The van der Waals surface area contributed by atoms with E-state index < -0.39 is 6.04 Å². The molecule has 0 saturated carbocycles. The van der Waals surface area contributed by atoms with Crippen LogP contribution < -0.4 is 10.6 Å². The first-order valence-corrected chi connectivity index (χ1v) is 8.72. The summed E-state index contributed by atoms with van der Waals surface area (Å²) in [4.78, 5) is 24.1. The van der Waals surface area contributed by atoms with E-state index in [-0.39, 0.29) is 18.2 Å². The lowest BCUT2D eigenvalue weighted by Crippen LogP contribution is -2.45. The topological polar surface area (TPSA) is 76.0 Å². The van der Waals surface area contributed by atoms with Crippen LogP contribution in [0.15, 0.2) is 30.3 Å². The molecule has 1 aromatic carbocycles. The molecule has 6 nitrogen and oxygen atoms in total. The molecule has 2 heterocycles. The van der Waals surface area contributed by atoms with Crippen LogP contribution >= 0.6 is 0 Å². The number of nitrogens with one attached hydrogen (secondary N) is 2. The highest BCUT2D eigenvalue weighted by atomic mass is 16.2. The summed E-state index contributed by atoms with van der Waals surface area (Å²) in [5.74, 6) is -0.202. The van der Waals surface area contributed by atoms with Gasteiger partial charge in [-0.25, -0.2) is 4.68 Å². The molecule has 0 bridgehead atoms. The molecule has 2 amide bonds. The molecule has 0 radical (unpaired) electrons. The van der Waals surface area contributed by atoms with Crippen molar-refractivity contribution < 1.29 is 9.59 Å². The van der Waals surface area contributed by atoms with E-state index in [0.29, 0.717) is 13.0 Å². The predicted octanol–water partition coefficient (Wildman–Crippen LogP) is 1.82. The van der Waals surface area contributed by atoms with E-state index in [2.05, 4.69) is 15.7 Å². The summed E-state index contributed by atoms with van der Waals surface area (Å²) < 4.78 is 1.88. The molecule has 2 N–H and O–H groups in total. The Hall–Kier alpha value is -2.63. The van der Waals surface area contributed by atoms with Crippen molar-refractivity contribution in [2.45, 2.75) is 45.6 Å². The maximum absolute atomic E-state index is 12.2. The lowest BCUT2D eigenvalue weighted by Gasteiger charge is -2.15. The minimum Gasteiger partial charge on any atom is -0.354 e. The number of aromatic nitrogens is 2. The largest absolute Gasteiger partial charge is 0.354 e. The summed E-state index contributed by atoms with van der Waals surface area (Å²) in [5, 5.41) is 10.1. The lowest BCUT2D eigenvalue weighted by atomic mass is 10.1. The second-order valence-corrected chi connectivity index (χ2v) is 6.59. The van der Waals surface area contributed by atoms with Crippen LogP contribution in [0.3, 0.4) is 0 Å². The molecule has 0 aliphatic carbocycles. The van der Waals surface area contributed by atoms with Gasteiger partial charge in [-0.15, -0.1) is 0 Å². The van der Waals surface area contributed by atoms with Crippen molar-refractivity contribution >= 4 is 11.8 Å². The number of rotatable bonds is 4. The average molecular weight is 340 g/mol. The smallest absolute Gasteiger partial charge is 0.242 e. The zero-order valence-electron chi connectivity index (χ0n) is 14.7. The van der Waals surface area contributed by atoms with Gasteiger partial charge in [-0.3, -0.25) is 9.59 Å². The molecule has 1 aliphatic heterocycles. The van der Waals surface area contributed by atoms with Gasteiger partial charge < -0.3 is 10.6 Å². The third kappa shape index (κ3) is 4.26. The Morgan fingerprint density at radius 1 is 1.28 bits per heavy atom. The fourth-order valence-electron chi connectivity index (χ4n) is 3.15. The first kappa shape index (κ1) is 17.2. The summed E-state index contributed by atoms with van der Waals surface area (Å²) >= 11 is 0. The van der Waals surface area contributed by atoms with Crippen LogP contribution in [-0.2, 0) is 16.0 Å². The van der Waals surface area contributed by atoms with E-state index in [0.717, 1.165) is 35.5 Å². The Morgan fingerprint density at radius 2 is 2.04 bits per heavy atom. The Morgan fingerprint density at radius 3 is 2.72 bits per heavy atom. The molecule has 6 heteroatoms. The van der Waals surface area contributed by atoms with Crippen molar-refractivity contribution in [3.05, 3.63) is 47.3 Å². The van der Waals surface area contributed by atoms with Gasteiger partial charge >= 0.3 is 0 Å². The molecule has 25 heavy (non-hydrogen) atoms. The summed E-state index contributed by atoms with van der Waals surface area (Å²) in [7, 11) is 0. The first-order chi connectivity index (χ1) is 12.0. The molecule has 132 valence electrons. The summed E-state index contributed by atoms with van der Waals surface area (Å²) in [6.45, 7) is 4.67. The molecule has 1 fully saturated rings. The number of aryl methyl sites for hydroxylation is 2. The van der Waals surface area contributed by atoms with E-state index in [9.17, 15) is 9.59 Å². The molecule has 3 rings (SSSR count). The molecule has 1 unspecified atom stereocenters. The zero-order chi connectivity index (χ0) is 17.8. The minimum atomic E-state index is -0.413. The molecular formula is C19H24N4O2. The fraction of sp³-hybridized carbons (Fsp3) is 0.421. The average Bonchev–Trinajstić information content (AvgIpc) is 2.78. The number of carbonyl (C=O) groups is 2. The van der Waals surface area contributed by atoms with Gasteiger partial charge in [-0.1, -0.05) is 12.1 Å². The maximum atomic E-state index is 12.2. The van der Waals surface area contributed by atoms with Crippen molar-refractivity contribution in [3.63, 3.8) is 0 Å². The minimum absolute atomic E-state index is 0.0780. The molecule has 1 saturated heterocycles. The number of benzene rings is 1. The molecule has 0 spiro atoms. The molecule has 1 aliphatic rings. The lowest BCUT2D eigenvalue weighted by molar-refractivity contribution is -0.128. The Labute approximate surface area is 147 Å². The number of hydrogen-bond acceptors (Lipinski definition) is 3. The molecule has 1 atom stereocenters. The van der Waals surface area contributed by atoms with Crippen molar-refractivity contribution in [2.75, 3.05) is 6.54 Å². The van der Waals surface area contributed by atoms with E-state index in [1.165, 1.54) is 0 Å². The van der Waals surface area contributed by atoms with Gasteiger partial charge in [0.15, 0.2) is 0 Å². The Kier molecular flexibility index (Phi) is 5.16. The predicted molar refractivity (Wildman–Crippen MR) is 95.5 cm³/mol. The van der Waals surface area contributed by atoms with Gasteiger partial charge in [0.05, 0.1) is 17.8 Å². The van der Waals surface area contributed by atoms with Crippen LogP contribution in [0.25, 0.3) is 5.69 Å². The van der Waals surface area contributed by atoms with Crippen molar-refractivity contribution in [2.24, 2.45) is 0 Å². The molecule has 2 aromatic rings. The number of hydrogen-bond donors (Lipinski definition) is 2. The summed E-state index contributed by atoms with van der Waals surface area (Å²) in [6.07, 6.45) is 2.88. The van der Waals surface area contributed by atoms with Crippen molar-refractivity contribution in [3.8, 4) is 5.69 Å². The Balaban J connectivity index is 1.62. The van der Waals surface area contributed by atoms with Gasteiger partial charge in [0.25, 0.3) is 0 Å². The van der Waals surface area contributed by atoms with Crippen LogP contribution in [-0.4, -0.2) is 34.2 Å². The zero-order valence-corrected chi connectivity index (χ0v) is 14.7. The van der Waals surface area contributed by atoms with Crippen LogP contribution in [0.1, 0.15) is 36.2 Å². The van der Waals surface area contributed by atoms with Gasteiger partial charge in [0.2, 0.25) is 11.8 Å². The number of carbonyl (C=O) groups excluding carboxylic acids is 2. The molecule has 1 aromatic heterocycles. The van der Waals surface area contributed by atoms with E-state index in [4.69, 9.17) is 0 Å². The number of amides is 2. The van der Waals surface area contributed by atoms with Crippen LogP contribution in [0.5, 0.6) is 0 Å². The van der Waals surface area contributed by atoms with E-state index >= 15 is 0 Å². The number of nitrogens with zero attached hydrogens (tertiary/aromatic N) is 2. The Bertz CT molecular complexity index is 764. The highest BCUT2D eigenvalue weighted by Crippen LogP contribution is 2.13. The normalized spacial score (nSPS) is 17.7. The highest BCUT2D eigenvalue weighted by Gasteiger charge is 2.22. The van der Waals surface area contributed by atoms with Crippen LogP contribution in [0.2, 0.25) is 0 Å². The van der Waals surface area contributed by atoms with Gasteiger partial charge in [-0.2, -0.15) is 5.10 Å². The van der Waals surface area contributed by atoms with Crippen LogP contribution in [0, 0.1) is 13.8 Å². The highest BCUT2D eigenvalue weighted by molar-refractivity contribution is 5.88. The third-order valence-corrected chi connectivity index (χ3v) is 4.43. The van der Waals surface area contributed by atoms with Crippen molar-refractivity contribution in [1.82, 2.24) is 20.4 Å². The quantitative estimate of drug-likeness (QED) is 0.891. The first-order valence-electron chi connectivity index (χ1n) is 8.72. The van der Waals surface area contributed by atoms with Crippen LogP contribution in [0.4, 0.5) is 0 Å². The van der Waals surface area contributed by atoms with Gasteiger partial charge in [-0.05, 0) is 56.9 Å². The standard InChI is InChI=1S/C19H24N4O2/c1-13-11-14(2)23(22-13)16-8-6-15(7-9-16)12-18(24)21-17-5-3-4-10-20-19(17)25/h6-9,11,17H,3-5,10,12H2,1-2H3,(H,20,25)(H,21,24). The second kappa shape index (κ2) is 7.51. The van der Waals surface area contributed by atoms with Gasteiger partial charge in [0.1, 0.15) is 6.04 Å². The summed E-state index contributed by atoms with van der Waals surface area (Å²) in [5.41, 5.74) is 3.93. The third-order valence-electron chi connectivity index (χ3n) is 4.43. The van der Waals surface area contributed by atoms with Gasteiger partial charge in [0, 0.05) is 12.2 Å². The van der Waals surface area contributed by atoms with Crippen molar-refractivity contribution in [1.29, 1.82) is 0 Å².